The molecule has 1 rings (SSSR count). The summed E-state index contributed by atoms with van der Waals surface area (Å²) >= 11 is 0. The topological polar surface area (TPSA) is 29.6 Å². The van der Waals surface area contributed by atoms with E-state index in [1.54, 1.807) is 13.0 Å². The minimum atomic E-state index is 0.113. The smallest absolute Gasteiger partial charge is 0.152 e. The van der Waals surface area contributed by atoms with Gasteiger partial charge in [0.25, 0.3) is 0 Å². The Morgan fingerprint density at radius 3 is 2.67 bits per heavy atom. The highest BCUT2D eigenvalue weighted by atomic mass is 16.6. The fourth-order valence-corrected chi connectivity index (χ4v) is 1.16. The van der Waals surface area contributed by atoms with Crippen LogP contribution >= 0.6 is 0 Å². The van der Waals surface area contributed by atoms with Crippen molar-refractivity contribution in [1.82, 2.24) is 0 Å². The van der Waals surface area contributed by atoms with Crippen LogP contribution in [0.2, 0.25) is 0 Å². The van der Waals surface area contributed by atoms with Crippen LogP contribution in [0.15, 0.2) is 12.2 Å². The number of rotatable bonds is 4. The minimum absolute atomic E-state index is 0.113. The molecular weight excluding hydrogens is 152 g/mol. The molecule has 1 aliphatic rings. The number of ether oxygens (including phenoxy) is 1. The molecule has 1 heterocycles. The van der Waals surface area contributed by atoms with Crippen molar-refractivity contribution in [2.24, 2.45) is 5.41 Å². The summed E-state index contributed by atoms with van der Waals surface area (Å²) in [5.74, 6) is 0.113. The summed E-state index contributed by atoms with van der Waals surface area (Å²) in [6.45, 7) is 6.77. The van der Waals surface area contributed by atoms with Gasteiger partial charge in [-0.15, -0.1) is 0 Å². The van der Waals surface area contributed by atoms with Crippen molar-refractivity contribution < 1.29 is 9.53 Å². The average Bonchev–Trinajstić information content (AvgIpc) is 2.65. The van der Waals surface area contributed by atoms with Crippen LogP contribution in [0.4, 0.5) is 0 Å². The first-order valence-corrected chi connectivity index (χ1v) is 4.31. The van der Waals surface area contributed by atoms with Gasteiger partial charge in [0.05, 0.1) is 12.7 Å². The molecule has 0 bridgehead atoms. The Morgan fingerprint density at radius 1 is 1.67 bits per heavy atom. The second-order valence-electron chi connectivity index (χ2n) is 4.03. The number of ketones is 1. The molecule has 0 aromatic carbocycles. The van der Waals surface area contributed by atoms with E-state index in [0.29, 0.717) is 6.10 Å². The molecular formula is C10H16O2. The van der Waals surface area contributed by atoms with Gasteiger partial charge in [-0.3, -0.25) is 4.79 Å². The fraction of sp³-hybridized carbons (Fsp3) is 0.700. The van der Waals surface area contributed by atoms with E-state index in [2.05, 4.69) is 13.8 Å². The predicted molar refractivity (Wildman–Crippen MR) is 48.0 cm³/mol. The number of hydrogen-bond donors (Lipinski definition) is 0. The van der Waals surface area contributed by atoms with Crippen molar-refractivity contribution in [1.29, 1.82) is 0 Å². The molecule has 0 aromatic rings. The summed E-state index contributed by atoms with van der Waals surface area (Å²) in [5, 5.41) is 0. The highest BCUT2D eigenvalue weighted by molar-refractivity contribution is 5.87. The first-order chi connectivity index (χ1) is 5.52. The van der Waals surface area contributed by atoms with Gasteiger partial charge in [-0.1, -0.05) is 19.9 Å². The molecule has 0 aliphatic carbocycles. The molecule has 0 amide bonds. The van der Waals surface area contributed by atoms with Crippen molar-refractivity contribution in [2.75, 3.05) is 6.61 Å². The van der Waals surface area contributed by atoms with Crippen LogP contribution in [0.3, 0.4) is 0 Å². The van der Waals surface area contributed by atoms with Gasteiger partial charge in [-0.05, 0) is 24.8 Å². The van der Waals surface area contributed by atoms with Crippen molar-refractivity contribution in [2.45, 2.75) is 33.3 Å². The molecule has 1 unspecified atom stereocenters. The van der Waals surface area contributed by atoms with E-state index in [0.717, 1.165) is 13.0 Å². The lowest BCUT2D eigenvalue weighted by atomic mass is 9.86. The van der Waals surface area contributed by atoms with E-state index in [-0.39, 0.29) is 11.2 Å². The Morgan fingerprint density at radius 2 is 2.25 bits per heavy atom. The van der Waals surface area contributed by atoms with Gasteiger partial charge < -0.3 is 4.74 Å². The molecule has 0 spiro atoms. The minimum Gasteiger partial charge on any atom is -0.373 e. The number of carbonyl (C=O) groups is 1. The Kier molecular flexibility index (Phi) is 2.68. The van der Waals surface area contributed by atoms with Gasteiger partial charge in [0, 0.05) is 0 Å². The quantitative estimate of drug-likeness (QED) is 0.474. The van der Waals surface area contributed by atoms with Crippen LogP contribution in [0, 0.1) is 5.41 Å². The highest BCUT2D eigenvalue weighted by Crippen LogP contribution is 2.35. The largest absolute Gasteiger partial charge is 0.373 e. The lowest BCUT2D eigenvalue weighted by molar-refractivity contribution is -0.112. The fourth-order valence-electron chi connectivity index (χ4n) is 1.16. The third kappa shape index (κ3) is 2.78. The molecule has 1 saturated heterocycles. The van der Waals surface area contributed by atoms with E-state index in [1.807, 2.05) is 6.08 Å². The van der Waals surface area contributed by atoms with E-state index in [9.17, 15) is 4.79 Å². The maximum atomic E-state index is 10.6. The van der Waals surface area contributed by atoms with Gasteiger partial charge in [-0.25, -0.2) is 0 Å². The Balaban J connectivity index is 2.34. The molecule has 1 aliphatic heterocycles. The molecule has 0 saturated carbocycles. The standard InChI is InChI=1S/C10H16O2/c1-8(11)5-4-6-10(2,3)9-7-12-9/h4-5,9H,6-7H2,1-3H3/b5-4+. The third-order valence-electron chi connectivity index (χ3n) is 2.20. The monoisotopic (exact) mass is 168 g/mol. The maximum Gasteiger partial charge on any atom is 0.152 e. The predicted octanol–water partition coefficient (Wildman–Crippen LogP) is 1.95. The second-order valence-corrected chi connectivity index (χ2v) is 4.03. The zero-order chi connectivity index (χ0) is 9.19. The molecule has 2 nitrogen and oxygen atoms in total. The lowest BCUT2D eigenvalue weighted by Gasteiger charge is -2.19. The highest BCUT2D eigenvalue weighted by Gasteiger charge is 2.38. The molecule has 1 atom stereocenters. The molecule has 0 radical (unpaired) electrons. The van der Waals surface area contributed by atoms with Gasteiger partial charge in [-0.2, -0.15) is 0 Å². The molecule has 0 N–H and O–H groups in total. The van der Waals surface area contributed by atoms with Crippen molar-refractivity contribution in [3.8, 4) is 0 Å². The van der Waals surface area contributed by atoms with Crippen molar-refractivity contribution in [3.05, 3.63) is 12.2 Å². The molecule has 0 aromatic heterocycles. The van der Waals surface area contributed by atoms with E-state index in [4.69, 9.17) is 4.74 Å². The van der Waals surface area contributed by atoms with E-state index < -0.39 is 0 Å². The summed E-state index contributed by atoms with van der Waals surface area (Å²) in [7, 11) is 0. The first kappa shape index (κ1) is 9.46. The zero-order valence-electron chi connectivity index (χ0n) is 7.96. The molecule has 2 heteroatoms. The average molecular weight is 168 g/mol. The van der Waals surface area contributed by atoms with Gasteiger partial charge in [0.1, 0.15) is 0 Å². The Labute approximate surface area is 73.6 Å². The zero-order valence-corrected chi connectivity index (χ0v) is 7.96. The summed E-state index contributed by atoms with van der Waals surface area (Å²) in [4.78, 5) is 10.6. The number of epoxide rings is 1. The Bertz CT molecular complexity index is 200. The van der Waals surface area contributed by atoms with E-state index >= 15 is 0 Å². The van der Waals surface area contributed by atoms with Gasteiger partial charge >= 0.3 is 0 Å². The number of carbonyl (C=O) groups excluding carboxylic acids is 1. The molecule has 1 fully saturated rings. The van der Waals surface area contributed by atoms with E-state index in [1.165, 1.54) is 0 Å². The third-order valence-corrected chi connectivity index (χ3v) is 2.20. The van der Waals surface area contributed by atoms with Crippen LogP contribution in [0.1, 0.15) is 27.2 Å². The van der Waals surface area contributed by atoms with Crippen molar-refractivity contribution >= 4 is 5.78 Å². The summed E-state index contributed by atoms with van der Waals surface area (Å²) in [6, 6.07) is 0. The van der Waals surface area contributed by atoms with Crippen molar-refractivity contribution in [3.63, 3.8) is 0 Å². The first-order valence-electron chi connectivity index (χ1n) is 4.31. The number of allylic oxidation sites excluding steroid dienone is 2. The SMILES string of the molecule is CC(=O)/C=C/CC(C)(C)C1CO1. The summed E-state index contributed by atoms with van der Waals surface area (Å²) in [6.07, 6.45) is 4.87. The van der Waals surface area contributed by atoms with Gasteiger partial charge in [0.15, 0.2) is 5.78 Å². The Hall–Kier alpha value is -0.630. The van der Waals surface area contributed by atoms with Crippen LogP contribution < -0.4 is 0 Å². The van der Waals surface area contributed by atoms with Crippen LogP contribution in [0.25, 0.3) is 0 Å². The van der Waals surface area contributed by atoms with Crippen LogP contribution in [0.5, 0.6) is 0 Å². The number of hydrogen-bond acceptors (Lipinski definition) is 2. The summed E-state index contributed by atoms with van der Waals surface area (Å²) in [5.41, 5.74) is 0.186. The lowest BCUT2D eigenvalue weighted by Crippen LogP contribution is -2.17. The van der Waals surface area contributed by atoms with Crippen LogP contribution in [-0.2, 0) is 9.53 Å². The van der Waals surface area contributed by atoms with Crippen LogP contribution in [-0.4, -0.2) is 18.5 Å². The normalized spacial score (nSPS) is 23.1. The summed E-state index contributed by atoms with van der Waals surface area (Å²) < 4.78 is 5.21. The van der Waals surface area contributed by atoms with Gasteiger partial charge in [0.2, 0.25) is 0 Å². The maximum absolute atomic E-state index is 10.6. The second kappa shape index (κ2) is 3.40. The molecule has 68 valence electrons. The molecule has 12 heavy (non-hydrogen) atoms.